The second kappa shape index (κ2) is 9.58. The van der Waals surface area contributed by atoms with Gasteiger partial charge in [-0.1, -0.05) is 24.3 Å². The summed E-state index contributed by atoms with van der Waals surface area (Å²) in [5, 5.41) is 2.95. The highest BCUT2D eigenvalue weighted by Gasteiger charge is 2.27. The van der Waals surface area contributed by atoms with E-state index in [0.29, 0.717) is 17.8 Å². The molecule has 2 aromatic carbocycles. The third-order valence-electron chi connectivity index (χ3n) is 5.78. The van der Waals surface area contributed by atoms with Gasteiger partial charge in [-0.05, 0) is 68.4 Å². The number of anilines is 1. The summed E-state index contributed by atoms with van der Waals surface area (Å²) in [5.74, 6) is 0.494. The van der Waals surface area contributed by atoms with Crippen LogP contribution in [0, 0.1) is 0 Å². The van der Waals surface area contributed by atoms with Crippen molar-refractivity contribution in [3.05, 3.63) is 84.3 Å². The summed E-state index contributed by atoms with van der Waals surface area (Å²) < 4.78 is 33.0. The normalized spacial score (nSPS) is 15.4. The Balaban J connectivity index is 1.49. The van der Waals surface area contributed by atoms with Crippen LogP contribution in [0.2, 0.25) is 0 Å². The van der Waals surface area contributed by atoms with E-state index in [1.807, 2.05) is 18.2 Å². The predicted molar refractivity (Wildman–Crippen MR) is 123 cm³/mol. The van der Waals surface area contributed by atoms with Crippen LogP contribution in [0.1, 0.15) is 35.0 Å². The maximum atomic E-state index is 13.1. The van der Waals surface area contributed by atoms with Crippen molar-refractivity contribution in [2.24, 2.45) is 0 Å². The van der Waals surface area contributed by atoms with E-state index in [1.54, 1.807) is 42.7 Å². The van der Waals surface area contributed by atoms with Gasteiger partial charge >= 0.3 is 0 Å². The molecule has 4 rings (SSSR count). The number of benzene rings is 2. The summed E-state index contributed by atoms with van der Waals surface area (Å²) in [5.41, 5.74) is 0.849. The Bertz CT molecular complexity index is 1140. The number of sulfonamides is 1. The molecular weight excluding hydrogens is 426 g/mol. The Morgan fingerprint density at radius 1 is 1.06 bits per heavy atom. The van der Waals surface area contributed by atoms with E-state index in [0.717, 1.165) is 31.7 Å². The van der Waals surface area contributed by atoms with Crippen LogP contribution in [0.3, 0.4) is 0 Å². The third-order valence-corrected chi connectivity index (χ3v) is 7.56. The molecule has 0 aliphatic carbocycles. The van der Waals surface area contributed by atoms with Crippen molar-refractivity contribution in [2.75, 3.05) is 31.0 Å². The Morgan fingerprint density at radius 2 is 1.81 bits per heavy atom. The molecule has 1 atom stereocenters. The van der Waals surface area contributed by atoms with Crippen molar-refractivity contribution in [3.63, 3.8) is 0 Å². The largest absolute Gasteiger partial charge is 0.468 e. The molecule has 0 saturated carbocycles. The molecule has 1 fully saturated rings. The van der Waals surface area contributed by atoms with Crippen molar-refractivity contribution >= 4 is 21.6 Å². The maximum Gasteiger partial charge on any atom is 0.264 e. The first-order valence-corrected chi connectivity index (χ1v) is 12.1. The molecule has 3 aromatic rings. The summed E-state index contributed by atoms with van der Waals surface area (Å²) in [6.45, 7) is 2.30. The number of hydrogen-bond acceptors (Lipinski definition) is 5. The molecule has 1 aliphatic rings. The number of furan rings is 1. The molecule has 32 heavy (non-hydrogen) atoms. The zero-order valence-corrected chi connectivity index (χ0v) is 18.8. The second-order valence-corrected chi connectivity index (χ2v) is 9.79. The van der Waals surface area contributed by atoms with Gasteiger partial charge in [0.2, 0.25) is 0 Å². The summed E-state index contributed by atoms with van der Waals surface area (Å²) >= 11 is 0. The monoisotopic (exact) mass is 453 g/mol. The minimum Gasteiger partial charge on any atom is -0.468 e. The van der Waals surface area contributed by atoms with Crippen LogP contribution in [-0.4, -0.2) is 45.9 Å². The molecule has 8 heteroatoms. The van der Waals surface area contributed by atoms with E-state index in [-0.39, 0.29) is 16.8 Å². The van der Waals surface area contributed by atoms with Gasteiger partial charge < -0.3 is 9.73 Å². The molecule has 2 heterocycles. The van der Waals surface area contributed by atoms with Gasteiger partial charge in [-0.3, -0.25) is 14.0 Å². The third kappa shape index (κ3) is 4.71. The van der Waals surface area contributed by atoms with E-state index in [2.05, 4.69) is 10.2 Å². The molecule has 1 amide bonds. The lowest BCUT2D eigenvalue weighted by Crippen LogP contribution is -2.36. The lowest BCUT2D eigenvalue weighted by atomic mass is 10.1. The lowest BCUT2D eigenvalue weighted by Gasteiger charge is -2.26. The number of hydrogen-bond donors (Lipinski definition) is 1. The van der Waals surface area contributed by atoms with E-state index in [4.69, 9.17) is 4.42 Å². The van der Waals surface area contributed by atoms with Gasteiger partial charge in [-0.15, -0.1) is 0 Å². The minimum absolute atomic E-state index is 0.0485. The fourth-order valence-corrected chi connectivity index (χ4v) is 5.21. The van der Waals surface area contributed by atoms with Gasteiger partial charge in [0.1, 0.15) is 5.76 Å². The van der Waals surface area contributed by atoms with Gasteiger partial charge in [0.15, 0.2) is 0 Å². The van der Waals surface area contributed by atoms with Gasteiger partial charge in [-0.25, -0.2) is 8.42 Å². The highest BCUT2D eigenvalue weighted by Crippen LogP contribution is 2.25. The van der Waals surface area contributed by atoms with E-state index in [9.17, 15) is 13.2 Å². The number of rotatable bonds is 8. The van der Waals surface area contributed by atoms with Crippen LogP contribution in [0.4, 0.5) is 5.69 Å². The zero-order valence-electron chi connectivity index (χ0n) is 18.0. The van der Waals surface area contributed by atoms with Crippen molar-refractivity contribution < 1.29 is 17.6 Å². The van der Waals surface area contributed by atoms with Crippen LogP contribution in [0.25, 0.3) is 0 Å². The fourth-order valence-electron chi connectivity index (χ4n) is 3.97. The van der Waals surface area contributed by atoms with Gasteiger partial charge in [-0.2, -0.15) is 0 Å². The van der Waals surface area contributed by atoms with Crippen LogP contribution < -0.4 is 9.62 Å². The van der Waals surface area contributed by atoms with Gasteiger partial charge in [0, 0.05) is 19.2 Å². The molecule has 1 aliphatic heterocycles. The summed E-state index contributed by atoms with van der Waals surface area (Å²) in [4.78, 5) is 15.3. The van der Waals surface area contributed by atoms with Crippen LogP contribution in [-0.2, 0) is 10.0 Å². The zero-order chi connectivity index (χ0) is 22.6. The molecule has 0 radical (unpaired) electrons. The first-order valence-electron chi connectivity index (χ1n) is 10.7. The Morgan fingerprint density at radius 3 is 2.50 bits per heavy atom. The Labute approximate surface area is 188 Å². The number of likely N-dealkylation sites (tertiary alicyclic amines) is 1. The predicted octanol–water partition coefficient (Wildman–Crippen LogP) is 3.67. The fraction of sp³-hybridized carbons (Fsp3) is 0.292. The summed E-state index contributed by atoms with van der Waals surface area (Å²) in [7, 11) is -2.30. The van der Waals surface area contributed by atoms with Crippen LogP contribution in [0.15, 0.2) is 82.3 Å². The topological polar surface area (TPSA) is 82.9 Å². The molecule has 1 saturated heterocycles. The Kier molecular flexibility index (Phi) is 6.62. The highest BCUT2D eigenvalue weighted by molar-refractivity contribution is 7.92. The van der Waals surface area contributed by atoms with E-state index >= 15 is 0 Å². The van der Waals surface area contributed by atoms with Crippen molar-refractivity contribution in [1.82, 2.24) is 10.2 Å². The summed E-state index contributed by atoms with van der Waals surface area (Å²) in [6, 6.07) is 18.7. The first kappa shape index (κ1) is 22.1. The molecule has 0 unspecified atom stereocenters. The van der Waals surface area contributed by atoms with Crippen LogP contribution >= 0.6 is 0 Å². The highest BCUT2D eigenvalue weighted by atomic mass is 32.2. The minimum atomic E-state index is -3.80. The van der Waals surface area contributed by atoms with E-state index < -0.39 is 10.0 Å². The molecule has 1 aromatic heterocycles. The molecule has 1 N–H and O–H groups in total. The Hall–Kier alpha value is -3.10. The number of carbonyl (C=O) groups is 1. The molecule has 168 valence electrons. The number of amides is 1. The quantitative estimate of drug-likeness (QED) is 0.563. The van der Waals surface area contributed by atoms with E-state index in [1.165, 1.54) is 23.5 Å². The SMILES string of the molecule is CN(c1ccccc1)S(=O)(=O)c1cccc(C(=O)NC[C@H](c2ccco2)N2CCCC2)c1. The van der Waals surface area contributed by atoms with Crippen LogP contribution in [0.5, 0.6) is 0 Å². The second-order valence-electron chi connectivity index (χ2n) is 7.82. The average molecular weight is 454 g/mol. The van der Waals surface area contributed by atoms with Crippen molar-refractivity contribution in [1.29, 1.82) is 0 Å². The first-order chi connectivity index (χ1) is 15.5. The number of carbonyl (C=O) groups excluding carboxylic acids is 1. The lowest BCUT2D eigenvalue weighted by molar-refractivity contribution is 0.0933. The summed E-state index contributed by atoms with van der Waals surface area (Å²) in [6.07, 6.45) is 3.89. The maximum absolute atomic E-state index is 13.1. The number of nitrogens with one attached hydrogen (secondary N) is 1. The van der Waals surface area contributed by atoms with Crippen molar-refractivity contribution in [3.8, 4) is 0 Å². The molecule has 7 nitrogen and oxygen atoms in total. The van der Waals surface area contributed by atoms with Gasteiger partial charge in [0.25, 0.3) is 15.9 Å². The average Bonchev–Trinajstić information content (AvgIpc) is 3.54. The molecule has 0 bridgehead atoms. The van der Waals surface area contributed by atoms with Gasteiger partial charge in [0.05, 0.1) is 22.9 Å². The number of nitrogens with zero attached hydrogens (tertiary/aromatic N) is 2. The molecular formula is C24H27N3O4S. The standard InChI is InChI=1S/C24H27N3O4S/c1-26(20-10-3-2-4-11-20)32(29,30)21-12-7-9-19(17-21)24(28)25-18-22(23-13-8-16-31-23)27-14-5-6-15-27/h2-4,7-13,16-17,22H,5-6,14-15,18H2,1H3,(H,25,28)/t22-/m1/s1. The van der Waals surface area contributed by atoms with Crippen molar-refractivity contribution in [2.45, 2.75) is 23.8 Å². The smallest absolute Gasteiger partial charge is 0.264 e. The molecule has 0 spiro atoms. The number of para-hydroxylation sites is 1.